The van der Waals surface area contributed by atoms with Crippen LogP contribution in [0.15, 0.2) is 24.0 Å². The maximum Gasteiger partial charge on any atom is 0.228 e. The minimum Gasteiger partial charge on any atom is -0.337 e. The molecule has 0 radical (unpaired) electrons. The molecule has 0 unspecified atom stereocenters. The Hall–Kier alpha value is -1.86. The molecule has 6 nitrogen and oxygen atoms in total. The summed E-state index contributed by atoms with van der Waals surface area (Å²) in [6.45, 7) is 4.54. The second-order valence-electron chi connectivity index (χ2n) is 5.05. The largest absolute Gasteiger partial charge is 0.337 e. The van der Waals surface area contributed by atoms with Crippen LogP contribution in [0.3, 0.4) is 0 Å². The number of aromatic nitrogens is 3. The summed E-state index contributed by atoms with van der Waals surface area (Å²) in [5.74, 6) is 0.139. The summed E-state index contributed by atoms with van der Waals surface area (Å²) in [4.78, 5) is 27.0. The lowest BCUT2D eigenvalue weighted by Crippen LogP contribution is -2.52. The second-order valence-corrected chi connectivity index (χ2v) is 5.91. The van der Waals surface area contributed by atoms with E-state index < -0.39 is 0 Å². The molecule has 0 saturated carbocycles. The molecule has 1 aliphatic heterocycles. The van der Waals surface area contributed by atoms with E-state index in [0.29, 0.717) is 6.42 Å². The van der Waals surface area contributed by atoms with Gasteiger partial charge in [0, 0.05) is 43.4 Å². The lowest BCUT2D eigenvalue weighted by molar-refractivity contribution is -0.133. The molecule has 0 aliphatic carbocycles. The molecule has 1 aliphatic rings. The fraction of sp³-hybridized carbons (Fsp3) is 0.429. The van der Waals surface area contributed by atoms with Crippen molar-refractivity contribution in [2.24, 2.45) is 0 Å². The molecular weight excluding hydrogens is 286 g/mol. The van der Waals surface area contributed by atoms with Crippen molar-refractivity contribution in [3.8, 4) is 10.7 Å². The fourth-order valence-corrected chi connectivity index (χ4v) is 3.16. The van der Waals surface area contributed by atoms with E-state index in [9.17, 15) is 4.79 Å². The predicted molar refractivity (Wildman–Crippen MR) is 80.9 cm³/mol. The Kier molecular flexibility index (Phi) is 4.21. The molecule has 21 heavy (non-hydrogen) atoms. The van der Waals surface area contributed by atoms with Gasteiger partial charge in [-0.1, -0.05) is 0 Å². The minimum absolute atomic E-state index is 0.139. The van der Waals surface area contributed by atoms with Crippen molar-refractivity contribution in [2.75, 3.05) is 19.6 Å². The van der Waals surface area contributed by atoms with Gasteiger partial charge in [-0.05, 0) is 6.92 Å². The monoisotopic (exact) mass is 303 g/mol. The maximum atomic E-state index is 12.4. The first kappa shape index (κ1) is 14.1. The molecule has 0 spiro atoms. The van der Waals surface area contributed by atoms with E-state index in [1.807, 2.05) is 10.3 Å². The van der Waals surface area contributed by atoms with E-state index in [2.05, 4.69) is 27.2 Å². The highest BCUT2D eigenvalue weighted by molar-refractivity contribution is 7.13. The summed E-state index contributed by atoms with van der Waals surface area (Å²) in [5.41, 5.74) is 1.55. The summed E-state index contributed by atoms with van der Waals surface area (Å²) >= 11 is 1.50. The van der Waals surface area contributed by atoms with E-state index in [1.54, 1.807) is 18.6 Å². The molecule has 1 amide bonds. The number of rotatable bonds is 3. The topological polar surface area (TPSA) is 71.0 Å². The van der Waals surface area contributed by atoms with Crippen molar-refractivity contribution in [2.45, 2.75) is 19.4 Å². The van der Waals surface area contributed by atoms with Crippen LogP contribution in [0.25, 0.3) is 10.7 Å². The Balaban J connectivity index is 1.68. The van der Waals surface area contributed by atoms with E-state index in [0.717, 1.165) is 36.0 Å². The highest BCUT2D eigenvalue weighted by Crippen LogP contribution is 2.21. The second kappa shape index (κ2) is 6.28. The number of carbonyl (C=O) groups excluding carboxylic acids is 1. The van der Waals surface area contributed by atoms with Gasteiger partial charge in [0.25, 0.3) is 0 Å². The molecule has 2 aromatic heterocycles. The molecule has 7 heteroatoms. The van der Waals surface area contributed by atoms with Crippen LogP contribution in [0, 0.1) is 0 Å². The van der Waals surface area contributed by atoms with Crippen LogP contribution >= 0.6 is 11.3 Å². The van der Waals surface area contributed by atoms with Gasteiger partial charge in [0.1, 0.15) is 10.7 Å². The normalized spacial score (nSPS) is 18.7. The molecule has 0 aromatic carbocycles. The summed E-state index contributed by atoms with van der Waals surface area (Å²) in [5, 5.41) is 6.02. The maximum absolute atomic E-state index is 12.4. The first-order valence-corrected chi connectivity index (χ1v) is 7.83. The molecular formula is C14H17N5OS. The molecule has 3 heterocycles. The van der Waals surface area contributed by atoms with Gasteiger partial charge < -0.3 is 10.2 Å². The third-order valence-electron chi connectivity index (χ3n) is 3.49. The van der Waals surface area contributed by atoms with Crippen LogP contribution in [0.5, 0.6) is 0 Å². The number of nitrogens with one attached hydrogen (secondary N) is 1. The summed E-state index contributed by atoms with van der Waals surface area (Å²) in [6, 6.07) is 0.240. The van der Waals surface area contributed by atoms with Gasteiger partial charge >= 0.3 is 0 Å². The molecule has 1 saturated heterocycles. The number of carbonyl (C=O) groups is 1. The van der Waals surface area contributed by atoms with Crippen LogP contribution in [0.2, 0.25) is 0 Å². The standard InChI is InChI=1S/C14H17N5OS/c1-10-7-16-4-5-19(10)13(20)6-11-9-21-14(18-11)12-8-15-2-3-17-12/h2-3,8-10,16H,4-7H2,1H3/t10-/m1/s1. The van der Waals surface area contributed by atoms with E-state index >= 15 is 0 Å². The van der Waals surface area contributed by atoms with Crippen molar-refractivity contribution in [3.05, 3.63) is 29.7 Å². The Morgan fingerprint density at radius 2 is 2.43 bits per heavy atom. The molecule has 1 fully saturated rings. The van der Waals surface area contributed by atoms with Gasteiger partial charge in [-0.25, -0.2) is 4.98 Å². The van der Waals surface area contributed by atoms with E-state index in [-0.39, 0.29) is 11.9 Å². The Morgan fingerprint density at radius 1 is 1.52 bits per heavy atom. The van der Waals surface area contributed by atoms with Gasteiger partial charge in [-0.15, -0.1) is 11.3 Å². The Morgan fingerprint density at radius 3 is 3.19 bits per heavy atom. The van der Waals surface area contributed by atoms with Gasteiger partial charge in [0.15, 0.2) is 0 Å². The van der Waals surface area contributed by atoms with Gasteiger partial charge in [-0.2, -0.15) is 0 Å². The lowest BCUT2D eigenvalue weighted by atomic mass is 10.2. The first-order valence-electron chi connectivity index (χ1n) is 6.95. The van der Waals surface area contributed by atoms with Crippen molar-refractivity contribution >= 4 is 17.2 Å². The average molecular weight is 303 g/mol. The van der Waals surface area contributed by atoms with Crippen LogP contribution in [0.1, 0.15) is 12.6 Å². The van der Waals surface area contributed by atoms with Crippen LogP contribution in [-0.2, 0) is 11.2 Å². The molecule has 0 bridgehead atoms. The zero-order chi connectivity index (χ0) is 14.7. The third-order valence-corrected chi connectivity index (χ3v) is 4.40. The molecule has 1 atom stereocenters. The minimum atomic E-state index is 0.139. The van der Waals surface area contributed by atoms with Crippen LogP contribution in [-0.4, -0.2) is 51.4 Å². The number of amides is 1. The van der Waals surface area contributed by atoms with Crippen molar-refractivity contribution in [1.29, 1.82) is 0 Å². The molecule has 3 rings (SSSR count). The number of thiazole rings is 1. The smallest absolute Gasteiger partial charge is 0.228 e. The van der Waals surface area contributed by atoms with Gasteiger partial charge in [0.05, 0.1) is 18.3 Å². The summed E-state index contributed by atoms with van der Waals surface area (Å²) < 4.78 is 0. The quantitative estimate of drug-likeness (QED) is 0.914. The molecule has 2 aromatic rings. The van der Waals surface area contributed by atoms with Gasteiger partial charge in [-0.3, -0.25) is 14.8 Å². The zero-order valence-corrected chi connectivity index (χ0v) is 12.6. The van der Waals surface area contributed by atoms with E-state index in [1.165, 1.54) is 11.3 Å². The van der Waals surface area contributed by atoms with Crippen LogP contribution in [0.4, 0.5) is 0 Å². The highest BCUT2D eigenvalue weighted by atomic mass is 32.1. The number of piperazine rings is 1. The SMILES string of the molecule is C[C@@H]1CNCCN1C(=O)Cc1csc(-c2cnccn2)n1. The zero-order valence-electron chi connectivity index (χ0n) is 11.8. The predicted octanol–water partition coefficient (Wildman–Crippen LogP) is 0.963. The fourth-order valence-electron chi connectivity index (χ4n) is 2.38. The van der Waals surface area contributed by atoms with E-state index in [4.69, 9.17) is 0 Å². The van der Waals surface area contributed by atoms with Gasteiger partial charge in [0.2, 0.25) is 5.91 Å². The van der Waals surface area contributed by atoms with Crippen molar-refractivity contribution in [3.63, 3.8) is 0 Å². The Labute approximate surface area is 127 Å². The Bertz CT molecular complexity index is 615. The summed E-state index contributed by atoms with van der Waals surface area (Å²) in [6.07, 6.45) is 5.31. The summed E-state index contributed by atoms with van der Waals surface area (Å²) in [7, 11) is 0. The number of nitrogens with zero attached hydrogens (tertiary/aromatic N) is 4. The number of hydrogen-bond donors (Lipinski definition) is 1. The molecule has 110 valence electrons. The average Bonchev–Trinajstić information content (AvgIpc) is 2.97. The number of hydrogen-bond acceptors (Lipinski definition) is 6. The lowest BCUT2D eigenvalue weighted by Gasteiger charge is -2.33. The van der Waals surface area contributed by atoms with Crippen LogP contribution < -0.4 is 5.32 Å². The first-order chi connectivity index (χ1) is 10.2. The highest BCUT2D eigenvalue weighted by Gasteiger charge is 2.23. The molecule has 1 N–H and O–H groups in total. The van der Waals surface area contributed by atoms with Crippen molar-refractivity contribution < 1.29 is 4.79 Å². The van der Waals surface area contributed by atoms with Crippen molar-refractivity contribution in [1.82, 2.24) is 25.2 Å². The third kappa shape index (κ3) is 3.25.